The summed E-state index contributed by atoms with van der Waals surface area (Å²) >= 11 is 0. The highest BCUT2D eigenvalue weighted by molar-refractivity contribution is 4.99. The molecule has 1 aliphatic rings. The van der Waals surface area contributed by atoms with Crippen LogP contribution in [0.5, 0.6) is 0 Å². The summed E-state index contributed by atoms with van der Waals surface area (Å²) in [6.45, 7) is 8.00. The van der Waals surface area contributed by atoms with E-state index in [1.165, 1.54) is 12.8 Å². The summed E-state index contributed by atoms with van der Waals surface area (Å²) in [5.41, 5.74) is 0. The summed E-state index contributed by atoms with van der Waals surface area (Å²) in [6.07, 6.45) is 5.54. The van der Waals surface area contributed by atoms with E-state index in [9.17, 15) is 0 Å². The van der Waals surface area contributed by atoms with E-state index in [1.807, 2.05) is 6.92 Å². The van der Waals surface area contributed by atoms with Gasteiger partial charge in [0.15, 0.2) is 0 Å². The molecule has 0 spiro atoms. The van der Waals surface area contributed by atoms with Crippen molar-refractivity contribution >= 4 is 0 Å². The fourth-order valence-corrected chi connectivity index (χ4v) is 2.59. The molecule has 2 rings (SSSR count). The molecule has 2 unspecified atom stereocenters. The fraction of sp³-hybridized carbons (Fsp3) is 0.867. The molecule has 0 amide bonds. The van der Waals surface area contributed by atoms with Gasteiger partial charge in [0.1, 0.15) is 6.10 Å². The summed E-state index contributed by atoms with van der Waals surface area (Å²) in [6, 6.07) is 0.421. The van der Waals surface area contributed by atoms with Crippen LogP contribution in [0.4, 0.5) is 0 Å². The van der Waals surface area contributed by atoms with Crippen LogP contribution in [0, 0.1) is 5.92 Å². The van der Waals surface area contributed by atoms with Crippen molar-refractivity contribution in [1.29, 1.82) is 0 Å². The van der Waals surface area contributed by atoms with Gasteiger partial charge < -0.3 is 14.6 Å². The Morgan fingerprint density at radius 1 is 1.35 bits per heavy atom. The zero-order valence-corrected chi connectivity index (χ0v) is 12.9. The Morgan fingerprint density at radius 2 is 2.15 bits per heavy atom. The molecule has 0 aliphatic heterocycles. The van der Waals surface area contributed by atoms with Crippen molar-refractivity contribution in [2.75, 3.05) is 13.2 Å². The molecular formula is C15H27N3O2. The average molecular weight is 281 g/mol. The van der Waals surface area contributed by atoms with Crippen LogP contribution in [0.25, 0.3) is 0 Å². The molecule has 2 atom stereocenters. The lowest BCUT2D eigenvalue weighted by molar-refractivity contribution is 0.0384. The second kappa shape index (κ2) is 7.74. The molecular weight excluding hydrogens is 254 g/mol. The van der Waals surface area contributed by atoms with Crippen LogP contribution < -0.4 is 5.32 Å². The van der Waals surface area contributed by atoms with Gasteiger partial charge in [-0.2, -0.15) is 4.98 Å². The van der Waals surface area contributed by atoms with Gasteiger partial charge in [0.05, 0.1) is 0 Å². The number of hydrogen-bond donors (Lipinski definition) is 1. The predicted octanol–water partition coefficient (Wildman–Crippen LogP) is 2.88. The quantitative estimate of drug-likeness (QED) is 0.714. The highest BCUT2D eigenvalue weighted by atomic mass is 16.5. The summed E-state index contributed by atoms with van der Waals surface area (Å²) in [4.78, 5) is 4.55. The molecule has 1 saturated carbocycles. The average Bonchev–Trinajstić information content (AvgIpc) is 3.17. The summed E-state index contributed by atoms with van der Waals surface area (Å²) in [7, 11) is 0. The minimum atomic E-state index is 0.0289. The topological polar surface area (TPSA) is 60.2 Å². The van der Waals surface area contributed by atoms with Crippen LogP contribution in [-0.2, 0) is 11.2 Å². The maximum Gasteiger partial charge on any atom is 0.228 e. The zero-order chi connectivity index (χ0) is 14.4. The van der Waals surface area contributed by atoms with Gasteiger partial charge in [-0.15, -0.1) is 0 Å². The first-order valence-corrected chi connectivity index (χ1v) is 7.95. The highest BCUT2D eigenvalue weighted by Gasteiger charge is 2.36. The van der Waals surface area contributed by atoms with E-state index >= 15 is 0 Å². The molecule has 20 heavy (non-hydrogen) atoms. The Bertz CT molecular complexity index is 384. The highest BCUT2D eigenvalue weighted by Crippen LogP contribution is 2.42. The second-order valence-corrected chi connectivity index (χ2v) is 5.51. The summed E-state index contributed by atoms with van der Waals surface area (Å²) < 4.78 is 11.2. The third-order valence-electron chi connectivity index (χ3n) is 3.69. The normalized spacial score (nSPS) is 18.1. The fourth-order valence-electron chi connectivity index (χ4n) is 2.59. The molecule has 1 aliphatic carbocycles. The van der Waals surface area contributed by atoms with Crippen molar-refractivity contribution in [2.45, 2.75) is 65.0 Å². The van der Waals surface area contributed by atoms with Crippen LogP contribution in [0.2, 0.25) is 0 Å². The molecule has 5 nitrogen and oxygen atoms in total. The van der Waals surface area contributed by atoms with Gasteiger partial charge in [-0.25, -0.2) is 0 Å². The van der Waals surface area contributed by atoms with E-state index in [0.717, 1.165) is 37.5 Å². The van der Waals surface area contributed by atoms with Crippen LogP contribution in [0.15, 0.2) is 4.52 Å². The monoisotopic (exact) mass is 281 g/mol. The number of likely N-dealkylation sites (N-methyl/N-ethyl adjacent to an activating group) is 1. The van der Waals surface area contributed by atoms with Crippen LogP contribution in [-0.4, -0.2) is 29.3 Å². The minimum absolute atomic E-state index is 0.0289. The van der Waals surface area contributed by atoms with Crippen LogP contribution in [0.3, 0.4) is 0 Å². The lowest BCUT2D eigenvalue weighted by Crippen LogP contribution is -2.30. The molecule has 1 aromatic rings. The first kappa shape index (κ1) is 15.4. The molecule has 0 aromatic carbocycles. The van der Waals surface area contributed by atoms with E-state index in [2.05, 4.69) is 29.3 Å². The van der Waals surface area contributed by atoms with E-state index < -0.39 is 0 Å². The molecule has 0 radical (unpaired) electrons. The standard InChI is InChI=1S/C15H27N3O2/c1-4-7-12(16-5-2)10-13-17-15(18-20-13)14(19-6-3)11-8-9-11/h11-12,14,16H,4-10H2,1-3H3. The Morgan fingerprint density at radius 3 is 2.75 bits per heavy atom. The van der Waals surface area contributed by atoms with Crippen molar-refractivity contribution in [1.82, 2.24) is 15.5 Å². The van der Waals surface area contributed by atoms with Crippen molar-refractivity contribution < 1.29 is 9.26 Å². The Kier molecular flexibility index (Phi) is 5.98. The number of nitrogens with one attached hydrogen (secondary N) is 1. The summed E-state index contributed by atoms with van der Waals surface area (Å²) in [5.74, 6) is 2.04. The first-order valence-electron chi connectivity index (χ1n) is 7.95. The zero-order valence-electron chi connectivity index (χ0n) is 12.9. The number of rotatable bonds is 10. The van der Waals surface area contributed by atoms with Gasteiger partial charge in [-0.05, 0) is 38.6 Å². The largest absolute Gasteiger partial charge is 0.370 e. The van der Waals surface area contributed by atoms with Gasteiger partial charge in [-0.1, -0.05) is 25.4 Å². The lowest BCUT2D eigenvalue weighted by Gasteiger charge is -2.14. The molecule has 1 N–H and O–H groups in total. The predicted molar refractivity (Wildman–Crippen MR) is 77.5 cm³/mol. The van der Waals surface area contributed by atoms with Gasteiger partial charge in [0.25, 0.3) is 0 Å². The summed E-state index contributed by atoms with van der Waals surface area (Å²) in [5, 5.41) is 7.60. The Labute approximate surface area is 121 Å². The van der Waals surface area contributed by atoms with Crippen molar-refractivity contribution in [3.8, 4) is 0 Å². The maximum atomic E-state index is 5.76. The molecule has 0 saturated heterocycles. The van der Waals surface area contributed by atoms with Gasteiger partial charge >= 0.3 is 0 Å². The van der Waals surface area contributed by atoms with Crippen LogP contribution in [0.1, 0.15) is 64.3 Å². The van der Waals surface area contributed by atoms with E-state index in [0.29, 0.717) is 18.6 Å². The van der Waals surface area contributed by atoms with Crippen molar-refractivity contribution in [3.05, 3.63) is 11.7 Å². The minimum Gasteiger partial charge on any atom is -0.370 e. The molecule has 5 heteroatoms. The second-order valence-electron chi connectivity index (χ2n) is 5.51. The lowest BCUT2D eigenvalue weighted by atomic mass is 10.1. The van der Waals surface area contributed by atoms with Gasteiger partial charge in [0.2, 0.25) is 11.7 Å². The molecule has 1 fully saturated rings. The third kappa shape index (κ3) is 4.28. The number of hydrogen-bond acceptors (Lipinski definition) is 5. The third-order valence-corrected chi connectivity index (χ3v) is 3.69. The van der Waals surface area contributed by atoms with Crippen molar-refractivity contribution in [2.24, 2.45) is 5.92 Å². The molecule has 114 valence electrons. The molecule has 0 bridgehead atoms. The smallest absolute Gasteiger partial charge is 0.228 e. The van der Waals surface area contributed by atoms with E-state index in [-0.39, 0.29) is 6.10 Å². The van der Waals surface area contributed by atoms with Crippen LogP contribution >= 0.6 is 0 Å². The SMILES string of the molecule is CCCC(Cc1nc(C(OCC)C2CC2)no1)NCC. The van der Waals surface area contributed by atoms with E-state index in [1.54, 1.807) is 0 Å². The molecule has 1 aromatic heterocycles. The number of nitrogens with zero attached hydrogens (tertiary/aromatic N) is 2. The molecule has 1 heterocycles. The van der Waals surface area contributed by atoms with E-state index in [4.69, 9.17) is 9.26 Å². The van der Waals surface area contributed by atoms with Crippen molar-refractivity contribution in [3.63, 3.8) is 0 Å². The van der Waals surface area contributed by atoms with Gasteiger partial charge in [0, 0.05) is 19.1 Å². The Balaban J connectivity index is 1.96. The first-order chi connectivity index (χ1) is 9.78. The Hall–Kier alpha value is -0.940. The number of aromatic nitrogens is 2. The maximum absolute atomic E-state index is 5.76. The van der Waals surface area contributed by atoms with Gasteiger partial charge in [-0.3, -0.25) is 0 Å². The number of ether oxygens (including phenoxy) is 1.